The molecule has 2 aromatic heterocycles. The smallest absolute Gasteiger partial charge is 0.307 e. The van der Waals surface area contributed by atoms with Crippen molar-refractivity contribution in [3.05, 3.63) is 30.1 Å². The van der Waals surface area contributed by atoms with Crippen LogP contribution < -0.4 is 0 Å². The van der Waals surface area contributed by atoms with Crippen LogP contribution in [-0.2, 0) is 11.3 Å². The van der Waals surface area contributed by atoms with E-state index in [4.69, 9.17) is 5.11 Å². The summed E-state index contributed by atoms with van der Waals surface area (Å²) in [5.41, 5.74) is 1.88. The Bertz CT molecular complexity index is 593. The quantitative estimate of drug-likeness (QED) is 0.882. The Labute approximate surface area is 111 Å². The molecule has 0 aromatic carbocycles. The average Bonchev–Trinajstić information content (AvgIpc) is 2.86. The molecule has 19 heavy (non-hydrogen) atoms. The molecule has 3 rings (SSSR count). The van der Waals surface area contributed by atoms with Crippen molar-refractivity contribution in [1.29, 1.82) is 0 Å². The largest absolute Gasteiger partial charge is 0.481 e. The first-order valence-corrected chi connectivity index (χ1v) is 6.60. The SMILES string of the molecule is O=C(O)[C@H]1CCCN(Cc2ccc3cc[nH]c3n2)C1. The molecule has 2 aromatic rings. The second kappa shape index (κ2) is 5.01. The van der Waals surface area contributed by atoms with Crippen molar-refractivity contribution in [2.75, 3.05) is 13.1 Å². The van der Waals surface area contributed by atoms with Gasteiger partial charge in [0.25, 0.3) is 0 Å². The van der Waals surface area contributed by atoms with Crippen molar-refractivity contribution < 1.29 is 9.90 Å². The van der Waals surface area contributed by atoms with Gasteiger partial charge in [0.05, 0.1) is 11.6 Å². The third-order valence-electron chi connectivity index (χ3n) is 3.71. The Kier molecular flexibility index (Phi) is 3.21. The standard InChI is InChI=1S/C14H17N3O2/c18-14(19)11-2-1-7-17(8-11)9-12-4-3-10-5-6-15-13(10)16-12/h3-6,11H,1-2,7-9H2,(H,15,16)(H,18,19)/t11-/m0/s1. The number of piperidine rings is 1. The van der Waals surface area contributed by atoms with E-state index in [0.29, 0.717) is 6.54 Å². The summed E-state index contributed by atoms with van der Waals surface area (Å²) in [5.74, 6) is -0.916. The van der Waals surface area contributed by atoms with Crippen molar-refractivity contribution in [2.45, 2.75) is 19.4 Å². The van der Waals surface area contributed by atoms with Gasteiger partial charge in [0.2, 0.25) is 0 Å². The van der Waals surface area contributed by atoms with E-state index in [-0.39, 0.29) is 5.92 Å². The second-order valence-electron chi connectivity index (χ2n) is 5.13. The molecule has 0 amide bonds. The van der Waals surface area contributed by atoms with E-state index in [9.17, 15) is 4.79 Å². The number of carboxylic acids is 1. The lowest BCUT2D eigenvalue weighted by Crippen LogP contribution is -2.38. The van der Waals surface area contributed by atoms with E-state index >= 15 is 0 Å². The normalized spacial score (nSPS) is 20.7. The molecule has 100 valence electrons. The molecule has 0 bridgehead atoms. The van der Waals surface area contributed by atoms with Gasteiger partial charge in [0, 0.05) is 24.7 Å². The van der Waals surface area contributed by atoms with Crippen LogP contribution in [0.15, 0.2) is 24.4 Å². The number of hydrogen-bond acceptors (Lipinski definition) is 3. The van der Waals surface area contributed by atoms with Crippen LogP contribution >= 0.6 is 0 Å². The number of carbonyl (C=O) groups is 1. The number of H-pyrrole nitrogens is 1. The van der Waals surface area contributed by atoms with E-state index < -0.39 is 5.97 Å². The third-order valence-corrected chi connectivity index (χ3v) is 3.71. The molecule has 5 nitrogen and oxygen atoms in total. The summed E-state index contributed by atoms with van der Waals surface area (Å²) in [7, 11) is 0. The maximum atomic E-state index is 11.0. The lowest BCUT2D eigenvalue weighted by atomic mass is 9.98. The van der Waals surface area contributed by atoms with Crippen LogP contribution in [0.4, 0.5) is 0 Å². The van der Waals surface area contributed by atoms with Gasteiger partial charge >= 0.3 is 5.97 Å². The topological polar surface area (TPSA) is 69.2 Å². The summed E-state index contributed by atoms with van der Waals surface area (Å²) < 4.78 is 0. The van der Waals surface area contributed by atoms with E-state index in [0.717, 1.165) is 42.7 Å². The molecule has 1 saturated heterocycles. The van der Waals surface area contributed by atoms with E-state index in [1.54, 1.807) is 0 Å². The second-order valence-corrected chi connectivity index (χ2v) is 5.13. The number of carboxylic acid groups (broad SMARTS) is 1. The van der Waals surface area contributed by atoms with Crippen LogP contribution in [0.25, 0.3) is 11.0 Å². The van der Waals surface area contributed by atoms with Crippen molar-refractivity contribution in [3.63, 3.8) is 0 Å². The maximum Gasteiger partial charge on any atom is 0.307 e. The predicted molar refractivity (Wildman–Crippen MR) is 71.7 cm³/mol. The fraction of sp³-hybridized carbons (Fsp3) is 0.429. The van der Waals surface area contributed by atoms with Crippen LogP contribution in [0.3, 0.4) is 0 Å². The van der Waals surface area contributed by atoms with Gasteiger partial charge in [0.1, 0.15) is 5.65 Å². The zero-order chi connectivity index (χ0) is 13.2. The Balaban J connectivity index is 1.71. The van der Waals surface area contributed by atoms with Crippen LogP contribution in [0.5, 0.6) is 0 Å². The molecule has 0 unspecified atom stereocenters. The molecule has 3 heterocycles. The lowest BCUT2D eigenvalue weighted by molar-refractivity contribution is -0.143. The molecule has 1 fully saturated rings. The summed E-state index contributed by atoms with van der Waals surface area (Å²) in [6, 6.07) is 6.06. The summed E-state index contributed by atoms with van der Waals surface area (Å²) in [6.07, 6.45) is 3.61. The van der Waals surface area contributed by atoms with Gasteiger partial charge in [0.15, 0.2) is 0 Å². The summed E-state index contributed by atoms with van der Waals surface area (Å²) in [5, 5.41) is 10.2. The number of nitrogens with one attached hydrogen (secondary N) is 1. The molecular weight excluding hydrogens is 242 g/mol. The number of aliphatic carboxylic acids is 1. The fourth-order valence-electron chi connectivity index (χ4n) is 2.69. The number of aromatic amines is 1. The van der Waals surface area contributed by atoms with Crippen LogP contribution in [0.1, 0.15) is 18.5 Å². The molecule has 0 aliphatic carbocycles. The minimum absolute atomic E-state index is 0.233. The van der Waals surface area contributed by atoms with Crippen LogP contribution in [0, 0.1) is 5.92 Å². The van der Waals surface area contributed by atoms with Crippen molar-refractivity contribution in [3.8, 4) is 0 Å². The zero-order valence-corrected chi connectivity index (χ0v) is 10.7. The number of likely N-dealkylation sites (tertiary alicyclic amines) is 1. The first-order valence-electron chi connectivity index (χ1n) is 6.60. The molecule has 0 spiro atoms. The van der Waals surface area contributed by atoms with Crippen molar-refractivity contribution in [1.82, 2.24) is 14.9 Å². The highest BCUT2D eigenvalue weighted by atomic mass is 16.4. The van der Waals surface area contributed by atoms with Gasteiger partial charge in [-0.2, -0.15) is 0 Å². The Hall–Kier alpha value is -1.88. The Morgan fingerprint density at radius 3 is 3.21 bits per heavy atom. The highest BCUT2D eigenvalue weighted by Gasteiger charge is 2.25. The zero-order valence-electron chi connectivity index (χ0n) is 10.7. The van der Waals surface area contributed by atoms with E-state index in [2.05, 4.69) is 14.9 Å². The van der Waals surface area contributed by atoms with Gasteiger partial charge in [-0.25, -0.2) is 4.98 Å². The van der Waals surface area contributed by atoms with Crippen LogP contribution in [0.2, 0.25) is 0 Å². The lowest BCUT2D eigenvalue weighted by Gasteiger charge is -2.30. The predicted octanol–water partition coefficient (Wildman–Crippen LogP) is 1.86. The molecule has 5 heteroatoms. The first-order chi connectivity index (χ1) is 9.22. The highest BCUT2D eigenvalue weighted by molar-refractivity contribution is 5.75. The number of rotatable bonds is 3. The van der Waals surface area contributed by atoms with Gasteiger partial charge in [-0.15, -0.1) is 0 Å². The summed E-state index contributed by atoms with van der Waals surface area (Å²) in [4.78, 5) is 20.9. The van der Waals surface area contributed by atoms with Crippen molar-refractivity contribution in [2.24, 2.45) is 5.92 Å². The molecule has 0 saturated carbocycles. The van der Waals surface area contributed by atoms with E-state index in [1.165, 1.54) is 0 Å². The number of fused-ring (bicyclic) bond motifs is 1. The van der Waals surface area contributed by atoms with Crippen LogP contribution in [-0.4, -0.2) is 39.0 Å². The minimum Gasteiger partial charge on any atom is -0.481 e. The number of nitrogens with zero attached hydrogens (tertiary/aromatic N) is 2. The summed E-state index contributed by atoms with van der Waals surface area (Å²) in [6.45, 7) is 2.30. The van der Waals surface area contributed by atoms with E-state index in [1.807, 2.05) is 24.4 Å². The van der Waals surface area contributed by atoms with Gasteiger partial charge in [-0.3, -0.25) is 9.69 Å². The first kappa shape index (κ1) is 12.2. The molecule has 1 aliphatic rings. The molecule has 0 radical (unpaired) electrons. The summed E-state index contributed by atoms with van der Waals surface area (Å²) >= 11 is 0. The number of aromatic nitrogens is 2. The molecule has 2 N–H and O–H groups in total. The van der Waals surface area contributed by atoms with Gasteiger partial charge < -0.3 is 10.1 Å². The minimum atomic E-state index is -0.683. The fourth-order valence-corrected chi connectivity index (χ4v) is 2.69. The Morgan fingerprint density at radius 2 is 2.37 bits per heavy atom. The molecule has 1 aliphatic heterocycles. The highest BCUT2D eigenvalue weighted by Crippen LogP contribution is 2.19. The average molecular weight is 259 g/mol. The number of pyridine rings is 1. The van der Waals surface area contributed by atoms with Gasteiger partial charge in [-0.1, -0.05) is 0 Å². The van der Waals surface area contributed by atoms with Crippen molar-refractivity contribution >= 4 is 17.0 Å². The Morgan fingerprint density at radius 1 is 1.47 bits per heavy atom. The molecule has 1 atom stereocenters. The van der Waals surface area contributed by atoms with Gasteiger partial charge in [-0.05, 0) is 37.6 Å². The maximum absolute atomic E-state index is 11.0. The monoisotopic (exact) mass is 259 g/mol. The third kappa shape index (κ3) is 2.61. The molecular formula is C14H17N3O2. The number of hydrogen-bond donors (Lipinski definition) is 2.